The fourth-order valence-electron chi connectivity index (χ4n) is 4.21. The maximum absolute atomic E-state index is 11.0. The maximum Gasteiger partial charge on any atom is 0.330 e. The van der Waals surface area contributed by atoms with E-state index in [1.54, 1.807) is 0 Å². The van der Waals surface area contributed by atoms with Crippen LogP contribution in [0, 0.1) is 6.92 Å². The Hall–Kier alpha value is -6.30. The lowest BCUT2D eigenvalue weighted by Gasteiger charge is -2.06. The van der Waals surface area contributed by atoms with Crippen molar-refractivity contribution >= 4 is 46.1 Å². The molecule has 0 aromatic heterocycles. The second-order valence-corrected chi connectivity index (χ2v) is 10.9. The quantitative estimate of drug-likeness (QED) is 0.0391. The molecule has 4 rings (SSSR count). The van der Waals surface area contributed by atoms with E-state index in [2.05, 4.69) is 43.8 Å². The zero-order valence-electron chi connectivity index (χ0n) is 28.5. The van der Waals surface area contributed by atoms with E-state index in [9.17, 15) is 9.59 Å². The summed E-state index contributed by atoms with van der Waals surface area (Å²) in [6, 6.07) is 27.6. The van der Waals surface area contributed by atoms with E-state index in [1.165, 1.54) is 0 Å². The first kappa shape index (κ1) is 37.5. The van der Waals surface area contributed by atoms with E-state index in [1.807, 2.05) is 97.9 Å². The lowest BCUT2D eigenvalue weighted by atomic mass is 10.2. The van der Waals surface area contributed by atoms with Crippen LogP contribution in [-0.4, -0.2) is 38.4 Å². The van der Waals surface area contributed by atoms with Crippen molar-refractivity contribution in [2.24, 2.45) is 30.7 Å². The van der Waals surface area contributed by atoms with Crippen LogP contribution in [-0.2, 0) is 19.1 Å². The van der Waals surface area contributed by atoms with Gasteiger partial charge in [0.2, 0.25) is 0 Å². The van der Waals surface area contributed by atoms with E-state index in [0.717, 1.165) is 47.7 Å². The molecule has 0 amide bonds. The number of aryl methyl sites for hydroxylation is 1. The molecule has 0 saturated heterocycles. The summed E-state index contributed by atoms with van der Waals surface area (Å²) in [7, 11) is 0. The van der Waals surface area contributed by atoms with Crippen molar-refractivity contribution in [3.8, 4) is 11.5 Å². The number of carbonyl (C=O) groups excluding carboxylic acids is 2. The molecule has 12 nitrogen and oxygen atoms in total. The topological polar surface area (TPSA) is 145 Å². The summed E-state index contributed by atoms with van der Waals surface area (Å²) in [4.78, 5) is 22.1. The van der Waals surface area contributed by atoms with Gasteiger partial charge in [0, 0.05) is 12.2 Å². The molecule has 0 aliphatic heterocycles. The molecule has 4 aromatic rings. The van der Waals surface area contributed by atoms with Gasteiger partial charge in [0.15, 0.2) is 0 Å². The highest BCUT2D eigenvalue weighted by atomic mass is 16.5. The van der Waals surface area contributed by atoms with Crippen molar-refractivity contribution in [1.82, 2.24) is 0 Å². The molecule has 0 atom stereocenters. The Labute approximate surface area is 297 Å². The molecule has 262 valence electrons. The van der Waals surface area contributed by atoms with Gasteiger partial charge in [0.1, 0.15) is 11.5 Å². The van der Waals surface area contributed by atoms with Gasteiger partial charge < -0.3 is 18.9 Å². The fraction of sp³-hybridized carbons (Fsp3) is 0.231. The van der Waals surface area contributed by atoms with E-state index in [-0.39, 0.29) is 0 Å². The van der Waals surface area contributed by atoms with Gasteiger partial charge in [0.25, 0.3) is 0 Å². The highest BCUT2D eigenvalue weighted by Crippen LogP contribution is 2.29. The van der Waals surface area contributed by atoms with Crippen LogP contribution in [0.5, 0.6) is 11.5 Å². The van der Waals surface area contributed by atoms with Crippen molar-refractivity contribution < 1.29 is 28.5 Å². The number of hydrogen-bond donors (Lipinski definition) is 0. The Morgan fingerprint density at radius 1 is 0.510 bits per heavy atom. The summed E-state index contributed by atoms with van der Waals surface area (Å²) in [6.07, 6.45) is 5.25. The number of rotatable bonds is 20. The van der Waals surface area contributed by atoms with Crippen LogP contribution in [0.15, 0.2) is 147 Å². The SMILES string of the molecule is C=CC(=O)OCCCCOc1ccc(/N=N/c2ccc(/N=N/c3ccc(/N=N/c4ccc(OCCCCOC(=O)C=C)cc4)cc3C)cc2)cc1. The standard InChI is InChI=1S/C39H40N6O6/c1-4-38(46)50-26-8-6-24-48-35-19-14-32(15-20-35)41-40-30-10-12-31(13-11-30)43-45-37-23-18-34(28-29(37)3)44-42-33-16-21-36(22-17-33)49-25-7-9-27-51-39(47)5-2/h4-5,10-23,28H,1-2,6-9,24-27H2,3H3/b41-40+,44-42+,45-43+. The summed E-state index contributed by atoms with van der Waals surface area (Å²) in [5.41, 5.74) is 5.08. The van der Waals surface area contributed by atoms with Crippen LogP contribution < -0.4 is 9.47 Å². The lowest BCUT2D eigenvalue weighted by molar-refractivity contribution is -0.138. The van der Waals surface area contributed by atoms with Crippen LogP contribution in [0.1, 0.15) is 31.2 Å². The van der Waals surface area contributed by atoms with Gasteiger partial charge in [-0.2, -0.15) is 30.7 Å². The molecule has 0 fully saturated rings. The normalized spacial score (nSPS) is 11.2. The van der Waals surface area contributed by atoms with Crippen molar-refractivity contribution in [3.63, 3.8) is 0 Å². The summed E-state index contributed by atoms with van der Waals surface area (Å²) >= 11 is 0. The van der Waals surface area contributed by atoms with Crippen LogP contribution in [0.25, 0.3) is 0 Å². The van der Waals surface area contributed by atoms with Gasteiger partial charge >= 0.3 is 11.9 Å². The first-order valence-corrected chi connectivity index (χ1v) is 16.4. The molecule has 0 heterocycles. The average molecular weight is 689 g/mol. The van der Waals surface area contributed by atoms with Gasteiger partial charge in [-0.3, -0.25) is 0 Å². The summed E-state index contributed by atoms with van der Waals surface area (Å²) in [6.45, 7) is 10.4. The molecule has 0 bridgehead atoms. The third kappa shape index (κ3) is 14.0. The van der Waals surface area contributed by atoms with Gasteiger partial charge in [-0.1, -0.05) is 13.2 Å². The predicted molar refractivity (Wildman–Crippen MR) is 195 cm³/mol. The van der Waals surface area contributed by atoms with Crippen LogP contribution in [0.4, 0.5) is 34.1 Å². The fourth-order valence-corrected chi connectivity index (χ4v) is 4.21. The molecule has 0 unspecified atom stereocenters. The Balaban J connectivity index is 1.19. The minimum Gasteiger partial charge on any atom is -0.494 e. The Bertz CT molecular complexity index is 1820. The molecule has 0 saturated carbocycles. The number of hydrogen-bond acceptors (Lipinski definition) is 12. The van der Waals surface area contributed by atoms with Crippen LogP contribution in [0.3, 0.4) is 0 Å². The van der Waals surface area contributed by atoms with Gasteiger partial charge in [0.05, 0.1) is 60.6 Å². The molecular formula is C39H40N6O6. The molecule has 4 aromatic carbocycles. The van der Waals surface area contributed by atoms with Gasteiger partial charge in [-0.15, -0.1) is 0 Å². The zero-order chi connectivity index (χ0) is 36.1. The monoisotopic (exact) mass is 688 g/mol. The molecule has 0 N–H and O–H groups in total. The molecule has 0 aliphatic rings. The molecule has 51 heavy (non-hydrogen) atoms. The highest BCUT2D eigenvalue weighted by Gasteiger charge is 2.02. The Kier molecular flexibility index (Phi) is 15.4. The second kappa shape index (κ2) is 20.9. The number of benzene rings is 4. The van der Waals surface area contributed by atoms with Crippen LogP contribution >= 0.6 is 0 Å². The van der Waals surface area contributed by atoms with Gasteiger partial charge in [-0.25, -0.2) is 9.59 Å². The van der Waals surface area contributed by atoms with E-state index in [0.29, 0.717) is 67.7 Å². The molecule has 12 heteroatoms. The maximum atomic E-state index is 11.0. The summed E-state index contributed by atoms with van der Waals surface area (Å²) in [5.74, 6) is 0.623. The number of carbonyl (C=O) groups is 2. The number of esters is 2. The highest BCUT2D eigenvalue weighted by molar-refractivity contribution is 5.81. The molecule has 0 radical (unpaired) electrons. The smallest absolute Gasteiger partial charge is 0.330 e. The van der Waals surface area contributed by atoms with Gasteiger partial charge in [-0.05, 0) is 129 Å². The summed E-state index contributed by atoms with van der Waals surface area (Å²) in [5, 5.41) is 26.0. The molecular weight excluding hydrogens is 648 g/mol. The third-order valence-corrected chi connectivity index (χ3v) is 6.98. The average Bonchev–Trinajstić information content (AvgIpc) is 3.16. The first-order chi connectivity index (χ1) is 24.9. The largest absolute Gasteiger partial charge is 0.494 e. The lowest BCUT2D eigenvalue weighted by Crippen LogP contribution is -2.04. The zero-order valence-corrected chi connectivity index (χ0v) is 28.5. The van der Waals surface area contributed by atoms with Crippen molar-refractivity contribution in [3.05, 3.63) is 122 Å². The second-order valence-electron chi connectivity index (χ2n) is 10.9. The predicted octanol–water partition coefficient (Wildman–Crippen LogP) is 11.0. The first-order valence-electron chi connectivity index (χ1n) is 16.4. The molecule has 0 spiro atoms. The van der Waals surface area contributed by atoms with Crippen LogP contribution in [0.2, 0.25) is 0 Å². The van der Waals surface area contributed by atoms with E-state index in [4.69, 9.17) is 18.9 Å². The minimum atomic E-state index is -0.416. The number of azo groups is 3. The molecule has 0 aliphatic carbocycles. The number of unbranched alkanes of at least 4 members (excludes halogenated alkanes) is 2. The van der Waals surface area contributed by atoms with Crippen molar-refractivity contribution in [2.45, 2.75) is 32.6 Å². The summed E-state index contributed by atoms with van der Waals surface area (Å²) < 4.78 is 21.3. The minimum absolute atomic E-state index is 0.346. The Morgan fingerprint density at radius 3 is 1.27 bits per heavy atom. The van der Waals surface area contributed by atoms with E-state index < -0.39 is 11.9 Å². The third-order valence-electron chi connectivity index (χ3n) is 6.98. The number of ether oxygens (including phenoxy) is 4. The van der Waals surface area contributed by atoms with Crippen molar-refractivity contribution in [2.75, 3.05) is 26.4 Å². The van der Waals surface area contributed by atoms with Crippen molar-refractivity contribution in [1.29, 1.82) is 0 Å². The van der Waals surface area contributed by atoms with E-state index >= 15 is 0 Å². The number of nitrogens with zero attached hydrogens (tertiary/aromatic N) is 6. The Morgan fingerprint density at radius 2 is 0.863 bits per heavy atom.